The van der Waals surface area contributed by atoms with E-state index < -0.39 is 0 Å². The monoisotopic (exact) mass is 322 g/mol. The molecule has 0 aromatic heterocycles. The van der Waals surface area contributed by atoms with Crippen LogP contribution in [0.25, 0.3) is 6.08 Å². The molecule has 0 spiro atoms. The third-order valence-corrected chi connectivity index (χ3v) is 4.84. The Balaban J connectivity index is 2.55. The maximum Gasteiger partial charge on any atom is 0.134 e. The first-order valence-electron chi connectivity index (χ1n) is 9.14. The molecule has 0 aliphatic carbocycles. The van der Waals surface area contributed by atoms with E-state index in [1.807, 2.05) is 13.0 Å². The van der Waals surface area contributed by atoms with Crippen LogP contribution < -0.4 is 4.74 Å². The highest BCUT2D eigenvalue weighted by atomic mass is 16.5. The van der Waals surface area contributed by atoms with Crippen molar-refractivity contribution in [2.45, 2.75) is 59.3 Å². The van der Waals surface area contributed by atoms with E-state index in [9.17, 15) is 0 Å². The molecule has 0 saturated carbocycles. The fraction of sp³-hybridized carbons (Fsp3) is 0.391. The van der Waals surface area contributed by atoms with Crippen molar-refractivity contribution in [2.24, 2.45) is 0 Å². The molecule has 0 heterocycles. The fourth-order valence-corrected chi connectivity index (χ4v) is 2.91. The Labute approximate surface area is 147 Å². The van der Waals surface area contributed by atoms with Gasteiger partial charge >= 0.3 is 0 Å². The van der Waals surface area contributed by atoms with E-state index in [0.29, 0.717) is 11.8 Å². The second-order valence-electron chi connectivity index (χ2n) is 6.52. The van der Waals surface area contributed by atoms with Gasteiger partial charge in [0.2, 0.25) is 0 Å². The molecule has 0 radical (unpaired) electrons. The van der Waals surface area contributed by atoms with Crippen LogP contribution in [0, 0.1) is 0 Å². The number of para-hydroxylation sites is 2. The first kappa shape index (κ1) is 18.3. The number of rotatable bonds is 7. The zero-order valence-corrected chi connectivity index (χ0v) is 15.7. The minimum Gasteiger partial charge on any atom is -0.456 e. The minimum atomic E-state index is 0.484. The maximum absolute atomic E-state index is 6.52. The second kappa shape index (κ2) is 8.73. The molecule has 0 fully saturated rings. The Kier molecular flexibility index (Phi) is 6.66. The third-order valence-electron chi connectivity index (χ3n) is 4.84. The van der Waals surface area contributed by atoms with E-state index in [1.54, 1.807) is 0 Å². The van der Waals surface area contributed by atoms with Crippen molar-refractivity contribution in [3.05, 3.63) is 65.2 Å². The molecule has 24 heavy (non-hydrogen) atoms. The lowest BCUT2D eigenvalue weighted by atomic mass is 9.90. The van der Waals surface area contributed by atoms with Gasteiger partial charge in [-0.1, -0.05) is 76.2 Å². The van der Waals surface area contributed by atoms with Gasteiger partial charge < -0.3 is 4.74 Å². The Bertz CT molecular complexity index is 656. The van der Waals surface area contributed by atoms with Gasteiger partial charge in [0, 0.05) is 5.56 Å². The van der Waals surface area contributed by atoms with Gasteiger partial charge in [0.05, 0.1) is 0 Å². The highest BCUT2D eigenvalue weighted by molar-refractivity contribution is 5.59. The summed E-state index contributed by atoms with van der Waals surface area (Å²) in [6.07, 6.45) is 6.37. The van der Waals surface area contributed by atoms with E-state index in [2.05, 4.69) is 76.2 Å². The van der Waals surface area contributed by atoms with Crippen LogP contribution in [0.15, 0.2) is 48.5 Å². The van der Waals surface area contributed by atoms with E-state index in [0.717, 1.165) is 29.9 Å². The topological polar surface area (TPSA) is 9.23 Å². The van der Waals surface area contributed by atoms with Crippen molar-refractivity contribution in [1.82, 2.24) is 0 Å². The van der Waals surface area contributed by atoms with Crippen molar-refractivity contribution in [1.29, 1.82) is 0 Å². The van der Waals surface area contributed by atoms with Crippen LogP contribution in [-0.2, 0) is 0 Å². The lowest BCUT2D eigenvalue weighted by Gasteiger charge is -2.22. The molecule has 2 rings (SSSR count). The summed E-state index contributed by atoms with van der Waals surface area (Å²) in [4.78, 5) is 0. The number of benzene rings is 2. The number of hydrogen-bond donors (Lipinski definition) is 0. The summed E-state index contributed by atoms with van der Waals surface area (Å²) in [5.74, 6) is 2.95. The molecule has 0 saturated heterocycles. The first-order valence-corrected chi connectivity index (χ1v) is 9.14. The van der Waals surface area contributed by atoms with Gasteiger partial charge in [-0.05, 0) is 48.8 Å². The molecule has 0 aliphatic rings. The highest BCUT2D eigenvalue weighted by Crippen LogP contribution is 2.40. The molecule has 2 atom stereocenters. The zero-order chi connectivity index (χ0) is 17.5. The summed E-state index contributed by atoms with van der Waals surface area (Å²) >= 11 is 0. The Morgan fingerprint density at radius 3 is 2.00 bits per heavy atom. The summed E-state index contributed by atoms with van der Waals surface area (Å²) in [6, 6.07) is 14.9. The van der Waals surface area contributed by atoms with Gasteiger partial charge in [-0.25, -0.2) is 0 Å². The summed E-state index contributed by atoms with van der Waals surface area (Å²) < 4.78 is 6.52. The number of allylic oxidation sites excluding steroid dienone is 1. The average Bonchev–Trinajstić information content (AvgIpc) is 2.62. The van der Waals surface area contributed by atoms with Crippen molar-refractivity contribution in [3.8, 4) is 11.5 Å². The van der Waals surface area contributed by atoms with Crippen LogP contribution in [-0.4, -0.2) is 0 Å². The van der Waals surface area contributed by atoms with Gasteiger partial charge in [-0.3, -0.25) is 0 Å². The molecule has 2 unspecified atom stereocenters. The molecular weight excluding hydrogens is 292 g/mol. The third kappa shape index (κ3) is 4.08. The lowest BCUT2D eigenvalue weighted by Crippen LogP contribution is -2.03. The lowest BCUT2D eigenvalue weighted by molar-refractivity contribution is 0.457. The zero-order valence-electron chi connectivity index (χ0n) is 15.7. The van der Waals surface area contributed by atoms with Crippen molar-refractivity contribution >= 4 is 6.08 Å². The highest BCUT2D eigenvalue weighted by Gasteiger charge is 2.18. The molecule has 1 nitrogen and oxygen atoms in total. The Hall–Kier alpha value is -2.02. The summed E-state index contributed by atoms with van der Waals surface area (Å²) in [5.41, 5.74) is 3.74. The fourth-order valence-electron chi connectivity index (χ4n) is 2.91. The number of hydrogen-bond acceptors (Lipinski definition) is 1. The molecule has 0 amide bonds. The van der Waals surface area contributed by atoms with Crippen LogP contribution in [0.1, 0.15) is 76.0 Å². The van der Waals surface area contributed by atoms with E-state index in [4.69, 9.17) is 4.74 Å². The predicted octanol–water partition coefficient (Wildman–Crippen LogP) is 7.54. The Morgan fingerprint density at radius 2 is 1.46 bits per heavy atom. The first-order chi connectivity index (χ1) is 11.6. The van der Waals surface area contributed by atoms with Crippen molar-refractivity contribution in [2.75, 3.05) is 0 Å². The van der Waals surface area contributed by atoms with Crippen molar-refractivity contribution < 1.29 is 4.74 Å². The van der Waals surface area contributed by atoms with Gasteiger partial charge in [0.15, 0.2) is 0 Å². The molecule has 0 bridgehead atoms. The molecule has 0 aliphatic heterocycles. The van der Waals surface area contributed by atoms with Crippen LogP contribution in [0.3, 0.4) is 0 Å². The van der Waals surface area contributed by atoms with Gasteiger partial charge in [0.1, 0.15) is 11.5 Å². The minimum absolute atomic E-state index is 0.484. The van der Waals surface area contributed by atoms with E-state index >= 15 is 0 Å². The predicted molar refractivity (Wildman–Crippen MR) is 105 cm³/mol. The maximum atomic E-state index is 6.52. The average molecular weight is 322 g/mol. The van der Waals surface area contributed by atoms with Gasteiger partial charge in [-0.2, -0.15) is 0 Å². The van der Waals surface area contributed by atoms with Crippen LogP contribution in [0.5, 0.6) is 11.5 Å². The molecule has 2 aromatic carbocycles. The van der Waals surface area contributed by atoms with Crippen LogP contribution in [0.4, 0.5) is 0 Å². The SMILES string of the molecule is CC=Cc1ccccc1Oc1c(C(C)CC)cccc1C(C)CC. The molecule has 1 heteroatoms. The normalized spacial score (nSPS) is 13.9. The largest absolute Gasteiger partial charge is 0.456 e. The molecule has 2 aromatic rings. The molecule has 128 valence electrons. The smallest absolute Gasteiger partial charge is 0.134 e. The van der Waals surface area contributed by atoms with Crippen LogP contribution >= 0.6 is 0 Å². The van der Waals surface area contributed by atoms with Crippen molar-refractivity contribution in [3.63, 3.8) is 0 Å². The Morgan fingerprint density at radius 1 is 0.875 bits per heavy atom. The quantitative estimate of drug-likeness (QED) is 0.511. The standard InChI is InChI=1S/C23H30O/c1-6-12-19-13-9-10-16-22(19)24-23-20(17(4)7-2)14-11-15-21(23)18(5)8-3/h6,9-18H,7-8H2,1-5H3. The summed E-state index contributed by atoms with van der Waals surface area (Å²) in [6.45, 7) is 11.1. The second-order valence-corrected chi connectivity index (χ2v) is 6.52. The van der Waals surface area contributed by atoms with Gasteiger partial charge in [0.25, 0.3) is 0 Å². The summed E-state index contributed by atoms with van der Waals surface area (Å²) in [5, 5.41) is 0. The van der Waals surface area contributed by atoms with E-state index in [1.165, 1.54) is 11.1 Å². The molecular formula is C23H30O. The summed E-state index contributed by atoms with van der Waals surface area (Å²) in [7, 11) is 0. The van der Waals surface area contributed by atoms with Gasteiger partial charge in [-0.15, -0.1) is 0 Å². The van der Waals surface area contributed by atoms with Crippen LogP contribution in [0.2, 0.25) is 0 Å². The molecule has 0 N–H and O–H groups in total. The number of ether oxygens (including phenoxy) is 1. The van der Waals surface area contributed by atoms with E-state index in [-0.39, 0.29) is 0 Å².